The fourth-order valence-electron chi connectivity index (χ4n) is 3.44. The molecule has 0 spiro atoms. The number of nitrogens with zero attached hydrogens (tertiary/aromatic N) is 2. The van der Waals surface area contributed by atoms with E-state index >= 15 is 0 Å². The summed E-state index contributed by atoms with van der Waals surface area (Å²) in [7, 11) is -3.38. The van der Waals surface area contributed by atoms with Gasteiger partial charge in [0.15, 0.2) is 5.96 Å². The highest BCUT2D eigenvalue weighted by atomic mass is 127. The first-order chi connectivity index (χ1) is 15.1. The van der Waals surface area contributed by atoms with Crippen molar-refractivity contribution in [3.05, 3.63) is 71.3 Å². The summed E-state index contributed by atoms with van der Waals surface area (Å²) in [5.74, 6) is 0.709. The van der Waals surface area contributed by atoms with Crippen LogP contribution in [0.2, 0.25) is 0 Å². The van der Waals surface area contributed by atoms with E-state index < -0.39 is 10.0 Å². The van der Waals surface area contributed by atoms with Gasteiger partial charge in [0.1, 0.15) is 0 Å². The van der Waals surface area contributed by atoms with Crippen LogP contribution in [-0.2, 0) is 33.5 Å². The number of sulfonamides is 1. The molecule has 1 aliphatic rings. The summed E-state index contributed by atoms with van der Waals surface area (Å²) in [4.78, 5) is 4.68. The number of hydrogen-bond donors (Lipinski definition) is 2. The number of ether oxygens (including phenoxy) is 1. The van der Waals surface area contributed by atoms with Gasteiger partial charge in [0.25, 0.3) is 0 Å². The zero-order valence-electron chi connectivity index (χ0n) is 18.5. The number of aliphatic imine (C=N–C) groups is 1. The zero-order valence-corrected chi connectivity index (χ0v) is 21.6. The average Bonchev–Trinajstić information content (AvgIpc) is 2.79. The van der Waals surface area contributed by atoms with Gasteiger partial charge in [0, 0.05) is 26.2 Å². The van der Waals surface area contributed by atoms with Crippen molar-refractivity contribution in [1.82, 2.24) is 14.9 Å². The van der Waals surface area contributed by atoms with Crippen LogP contribution in [-0.4, -0.2) is 58.1 Å². The summed E-state index contributed by atoms with van der Waals surface area (Å²) in [6, 6.07) is 17.9. The summed E-state index contributed by atoms with van der Waals surface area (Å²) >= 11 is 0. The molecule has 0 atom stereocenters. The molecule has 0 aromatic heterocycles. The number of hydrogen-bond acceptors (Lipinski definition) is 4. The van der Waals surface area contributed by atoms with E-state index in [0.717, 1.165) is 36.6 Å². The smallest absolute Gasteiger partial charge is 0.218 e. The number of guanidine groups is 1. The molecule has 2 aromatic carbocycles. The molecule has 0 radical (unpaired) electrons. The van der Waals surface area contributed by atoms with Gasteiger partial charge in [0.05, 0.1) is 25.5 Å². The lowest BCUT2D eigenvalue weighted by atomic mass is 10.1. The molecule has 0 saturated carbocycles. The fraction of sp³-hybridized carbons (Fsp3) is 0.435. The molecule has 7 nitrogen and oxygen atoms in total. The van der Waals surface area contributed by atoms with Crippen LogP contribution in [0.1, 0.15) is 23.6 Å². The largest absolute Gasteiger partial charge is 0.379 e. The quantitative estimate of drug-likeness (QED) is 0.275. The van der Waals surface area contributed by atoms with Crippen molar-refractivity contribution < 1.29 is 13.2 Å². The van der Waals surface area contributed by atoms with Crippen LogP contribution in [0.25, 0.3) is 0 Å². The Kier molecular flexibility index (Phi) is 11.4. The molecular formula is C23H33IN4O3S. The first-order valence-electron chi connectivity index (χ1n) is 10.8. The third kappa shape index (κ3) is 8.34. The van der Waals surface area contributed by atoms with E-state index in [9.17, 15) is 8.42 Å². The van der Waals surface area contributed by atoms with Gasteiger partial charge in [0.2, 0.25) is 10.0 Å². The molecule has 0 amide bonds. The number of benzene rings is 2. The maximum atomic E-state index is 12.8. The van der Waals surface area contributed by atoms with Crippen LogP contribution >= 0.6 is 24.0 Å². The molecule has 9 heteroatoms. The Morgan fingerprint density at radius 2 is 1.66 bits per heavy atom. The average molecular weight is 573 g/mol. The number of morpholine rings is 1. The van der Waals surface area contributed by atoms with Crippen molar-refractivity contribution in [3.63, 3.8) is 0 Å². The van der Waals surface area contributed by atoms with Crippen molar-refractivity contribution in [1.29, 1.82) is 0 Å². The molecule has 176 valence electrons. The molecular weight excluding hydrogens is 539 g/mol. The summed E-state index contributed by atoms with van der Waals surface area (Å²) in [5.41, 5.74) is 2.97. The number of halogens is 1. The van der Waals surface area contributed by atoms with Gasteiger partial charge in [-0.15, -0.1) is 24.0 Å². The van der Waals surface area contributed by atoms with Gasteiger partial charge in [-0.05, 0) is 30.0 Å². The molecule has 1 aliphatic heterocycles. The normalized spacial score (nSPS) is 15.1. The van der Waals surface area contributed by atoms with Gasteiger partial charge >= 0.3 is 0 Å². The van der Waals surface area contributed by atoms with Gasteiger partial charge in [-0.3, -0.25) is 0 Å². The standard InChI is InChI=1S/C23H32N4O3S.HI/c1-2-24-23(25-13-12-20-8-4-3-5-9-20)26-18-21-10-6-7-11-22(21)19-31(28,29)27-14-16-30-17-15-27;/h3-11H,2,12-19H2,1H3,(H2,24,25,26);1H. The van der Waals surface area contributed by atoms with E-state index in [-0.39, 0.29) is 29.7 Å². The predicted octanol–water partition coefficient (Wildman–Crippen LogP) is 2.76. The second-order valence-electron chi connectivity index (χ2n) is 7.39. The zero-order chi connectivity index (χ0) is 21.9. The maximum Gasteiger partial charge on any atom is 0.218 e. The minimum absolute atomic E-state index is 0. The van der Waals surface area contributed by atoms with Crippen LogP contribution < -0.4 is 10.6 Å². The Morgan fingerprint density at radius 1 is 1.00 bits per heavy atom. The van der Waals surface area contributed by atoms with Crippen molar-refractivity contribution >= 4 is 40.0 Å². The SMILES string of the molecule is CCNC(=NCc1ccccc1CS(=O)(=O)N1CCOCC1)NCCc1ccccc1.I. The van der Waals surface area contributed by atoms with Crippen molar-refractivity contribution in [2.45, 2.75) is 25.6 Å². The fourth-order valence-corrected chi connectivity index (χ4v) is 5.00. The molecule has 2 aromatic rings. The molecule has 0 bridgehead atoms. The van der Waals surface area contributed by atoms with E-state index in [1.807, 2.05) is 49.4 Å². The number of rotatable bonds is 9. The van der Waals surface area contributed by atoms with Crippen molar-refractivity contribution in [2.75, 3.05) is 39.4 Å². The summed E-state index contributed by atoms with van der Waals surface area (Å²) in [6.07, 6.45) is 0.902. The minimum Gasteiger partial charge on any atom is -0.379 e. The second-order valence-corrected chi connectivity index (χ2v) is 9.36. The highest BCUT2D eigenvalue weighted by molar-refractivity contribution is 14.0. The molecule has 1 fully saturated rings. The second kappa shape index (κ2) is 13.8. The topological polar surface area (TPSA) is 83.0 Å². The van der Waals surface area contributed by atoms with Crippen LogP contribution in [0.5, 0.6) is 0 Å². The summed E-state index contributed by atoms with van der Waals surface area (Å²) in [6.45, 7) is 5.69. The van der Waals surface area contributed by atoms with Gasteiger partial charge in [-0.25, -0.2) is 13.4 Å². The molecule has 3 rings (SSSR count). The third-order valence-corrected chi connectivity index (χ3v) is 6.95. The first kappa shape index (κ1) is 26.6. The first-order valence-corrected chi connectivity index (χ1v) is 12.4. The van der Waals surface area contributed by atoms with Crippen LogP contribution in [0, 0.1) is 0 Å². The minimum atomic E-state index is -3.38. The molecule has 2 N–H and O–H groups in total. The van der Waals surface area contributed by atoms with Crippen LogP contribution in [0.4, 0.5) is 0 Å². The highest BCUT2D eigenvalue weighted by Crippen LogP contribution is 2.17. The van der Waals surface area contributed by atoms with E-state index in [1.165, 1.54) is 9.87 Å². The monoisotopic (exact) mass is 572 g/mol. The Morgan fingerprint density at radius 3 is 2.34 bits per heavy atom. The molecule has 1 heterocycles. The lowest BCUT2D eigenvalue weighted by Gasteiger charge is -2.26. The lowest BCUT2D eigenvalue weighted by Crippen LogP contribution is -2.41. The predicted molar refractivity (Wildman–Crippen MR) is 140 cm³/mol. The van der Waals surface area contributed by atoms with E-state index in [2.05, 4.69) is 27.8 Å². The Labute approximate surface area is 208 Å². The van der Waals surface area contributed by atoms with Crippen molar-refractivity contribution in [3.8, 4) is 0 Å². The molecule has 32 heavy (non-hydrogen) atoms. The molecule has 1 saturated heterocycles. The number of nitrogens with one attached hydrogen (secondary N) is 2. The maximum absolute atomic E-state index is 12.8. The summed E-state index contributed by atoms with van der Waals surface area (Å²) < 4.78 is 32.5. The molecule has 0 unspecified atom stereocenters. The third-order valence-electron chi connectivity index (χ3n) is 5.12. The highest BCUT2D eigenvalue weighted by Gasteiger charge is 2.25. The van der Waals surface area contributed by atoms with Crippen LogP contribution in [0.3, 0.4) is 0 Å². The Hall–Kier alpha value is -1.69. The Balaban J connectivity index is 0.00000363. The lowest BCUT2D eigenvalue weighted by molar-refractivity contribution is 0.0729. The van der Waals surface area contributed by atoms with Gasteiger partial charge in [-0.1, -0.05) is 54.6 Å². The molecule has 0 aliphatic carbocycles. The van der Waals surface area contributed by atoms with Gasteiger partial charge < -0.3 is 15.4 Å². The van der Waals surface area contributed by atoms with Crippen LogP contribution in [0.15, 0.2) is 59.6 Å². The van der Waals surface area contributed by atoms with E-state index in [0.29, 0.717) is 32.8 Å². The van der Waals surface area contributed by atoms with Crippen molar-refractivity contribution in [2.24, 2.45) is 4.99 Å². The van der Waals surface area contributed by atoms with E-state index in [1.54, 1.807) is 0 Å². The van der Waals surface area contributed by atoms with E-state index in [4.69, 9.17) is 4.74 Å². The summed E-state index contributed by atoms with van der Waals surface area (Å²) in [5, 5.41) is 6.61. The van der Waals surface area contributed by atoms with Gasteiger partial charge in [-0.2, -0.15) is 4.31 Å². The Bertz CT molecular complexity index is 949.